The van der Waals surface area contributed by atoms with Gasteiger partial charge in [-0.1, -0.05) is 251 Å². The Kier molecular flexibility index (Phi) is 26.4. The van der Waals surface area contributed by atoms with Crippen LogP contribution in [-0.2, 0) is 91.3 Å². The first kappa shape index (κ1) is 90.6. The van der Waals surface area contributed by atoms with Gasteiger partial charge in [-0.25, -0.2) is 17.5 Å². The molecule has 125 heavy (non-hydrogen) atoms. The Morgan fingerprint density at radius 1 is 0.312 bits per heavy atom. The first-order valence-corrected chi connectivity index (χ1v) is 42.7. The number of benzene rings is 13. The van der Waals surface area contributed by atoms with E-state index in [4.69, 9.17) is 4.98 Å². The van der Waals surface area contributed by atoms with Crippen LogP contribution in [0.5, 0.6) is 0 Å². The molecule has 0 fully saturated rings. The van der Waals surface area contributed by atoms with Crippen LogP contribution in [0.1, 0.15) is 162 Å². The van der Waals surface area contributed by atoms with Gasteiger partial charge in [0.05, 0.1) is 22.6 Å². The SMILES string of the molecule is CC(C)(C)c1c[c-]c2c(c1)c1cc(C(C)(C)C)ccc1n1ccnc21.CC(C)c1cc(C(C)C)c(-c2ccc3c(c2)c2ccc[c-]c2c2nccn32)c(C(C)C)c1.Cc1cc2c3ccc[c-]c3c3[c-]cc(-c4c(-c5ccccc5)cccc4-c4ccccc4)n3c2cc1C.Cc1cc2c3ccc[c-]c3c3ncc(-c4c(C)cccc4C)n3c2cc1C.[Ir].[Ir].[Ir].[Ir]. The molecule has 21 aromatic rings. The van der Waals surface area contributed by atoms with Crippen molar-refractivity contribution >= 4 is 109 Å². The molecule has 0 bridgehead atoms. The fourth-order valence-electron chi connectivity index (χ4n) is 18.2. The van der Waals surface area contributed by atoms with Crippen molar-refractivity contribution in [2.24, 2.45) is 0 Å². The molecule has 0 aliphatic carbocycles. The Bertz CT molecular complexity index is 7460. The number of rotatable bonds is 8. The van der Waals surface area contributed by atoms with Gasteiger partial charge in [-0.05, 0) is 211 Å². The van der Waals surface area contributed by atoms with Gasteiger partial charge < -0.3 is 17.6 Å². The summed E-state index contributed by atoms with van der Waals surface area (Å²) < 4.78 is 9.08. The van der Waals surface area contributed by atoms with Crippen LogP contribution >= 0.6 is 0 Å². The molecular formula is C114H102Ir4N7-5. The number of hydrogen-bond acceptors (Lipinski definition) is 3. The predicted octanol–water partition coefficient (Wildman–Crippen LogP) is 30.3. The van der Waals surface area contributed by atoms with Gasteiger partial charge in [-0.3, -0.25) is 15.0 Å². The van der Waals surface area contributed by atoms with E-state index in [-0.39, 0.29) is 91.3 Å². The van der Waals surface area contributed by atoms with Gasteiger partial charge in [-0.15, -0.1) is 101 Å². The summed E-state index contributed by atoms with van der Waals surface area (Å²) in [6, 6.07) is 105. The van der Waals surface area contributed by atoms with Crippen LogP contribution in [0.15, 0.2) is 274 Å². The first-order valence-electron chi connectivity index (χ1n) is 42.7. The monoisotopic (exact) mass is 2340 g/mol. The quantitative estimate of drug-likeness (QED) is 0.113. The molecule has 7 nitrogen and oxygen atoms in total. The summed E-state index contributed by atoms with van der Waals surface area (Å²) in [4.78, 5) is 14.0. The van der Waals surface area contributed by atoms with Crippen LogP contribution in [0.4, 0.5) is 0 Å². The molecule has 0 saturated heterocycles. The van der Waals surface area contributed by atoms with Crippen molar-refractivity contribution in [2.45, 2.75) is 153 Å². The van der Waals surface area contributed by atoms with Crippen LogP contribution in [0, 0.1) is 71.9 Å². The Hall–Kier alpha value is -10.6. The van der Waals surface area contributed by atoms with Crippen LogP contribution < -0.4 is 0 Å². The molecule has 0 N–H and O–H groups in total. The fourth-order valence-corrected chi connectivity index (χ4v) is 18.2. The van der Waals surface area contributed by atoms with Crippen LogP contribution in [0.25, 0.3) is 165 Å². The van der Waals surface area contributed by atoms with Gasteiger partial charge >= 0.3 is 0 Å². The molecule has 21 rings (SSSR count). The number of aryl methyl sites for hydroxylation is 6. The van der Waals surface area contributed by atoms with Crippen molar-refractivity contribution in [3.63, 3.8) is 0 Å². The second-order valence-corrected chi connectivity index (χ2v) is 36.1. The minimum atomic E-state index is 0. The maximum Gasteiger partial charge on any atom is 0.0639 e. The molecule has 634 valence electrons. The third kappa shape index (κ3) is 16.6. The summed E-state index contributed by atoms with van der Waals surface area (Å²) in [5, 5.41) is 14.2. The number of fused-ring (bicyclic) bond motifs is 24. The molecular weight excluding hydrogens is 2240 g/mol. The molecule has 0 atom stereocenters. The predicted molar refractivity (Wildman–Crippen MR) is 512 cm³/mol. The molecule has 11 heteroatoms. The Morgan fingerprint density at radius 2 is 0.768 bits per heavy atom. The van der Waals surface area contributed by atoms with E-state index in [1.54, 1.807) is 0 Å². The van der Waals surface area contributed by atoms with Crippen LogP contribution in [0.2, 0.25) is 0 Å². The molecule has 0 saturated carbocycles. The van der Waals surface area contributed by atoms with Gasteiger partial charge in [0.2, 0.25) is 0 Å². The van der Waals surface area contributed by atoms with Gasteiger partial charge in [-0.2, -0.15) is 23.0 Å². The van der Waals surface area contributed by atoms with E-state index in [1.807, 2.05) is 49.2 Å². The summed E-state index contributed by atoms with van der Waals surface area (Å²) in [5.74, 6) is 1.43. The number of nitrogens with zero attached hydrogens (tertiary/aromatic N) is 7. The van der Waals surface area contributed by atoms with E-state index < -0.39 is 0 Å². The van der Waals surface area contributed by atoms with Crippen molar-refractivity contribution in [1.29, 1.82) is 0 Å². The molecule has 0 amide bonds. The third-order valence-electron chi connectivity index (χ3n) is 25.0. The summed E-state index contributed by atoms with van der Waals surface area (Å²) in [5.41, 5.74) is 36.0. The van der Waals surface area contributed by atoms with Crippen LogP contribution in [0.3, 0.4) is 0 Å². The van der Waals surface area contributed by atoms with Gasteiger partial charge in [0.1, 0.15) is 0 Å². The normalized spacial score (nSPS) is 11.7. The smallest absolute Gasteiger partial charge is 0.0639 e. The molecule has 0 unspecified atom stereocenters. The summed E-state index contributed by atoms with van der Waals surface area (Å²) in [7, 11) is 0. The minimum absolute atomic E-state index is 0. The van der Waals surface area contributed by atoms with E-state index in [2.05, 4.69) is 407 Å². The zero-order chi connectivity index (χ0) is 84.2. The van der Waals surface area contributed by atoms with Crippen molar-refractivity contribution in [1.82, 2.24) is 32.6 Å². The van der Waals surface area contributed by atoms with Gasteiger partial charge in [0.25, 0.3) is 0 Å². The maximum absolute atomic E-state index is 4.84. The number of pyridine rings is 4. The maximum atomic E-state index is 4.84. The molecule has 0 spiro atoms. The van der Waals surface area contributed by atoms with E-state index in [0.717, 1.165) is 55.4 Å². The average molecular weight is 2340 g/mol. The van der Waals surface area contributed by atoms with Crippen LogP contribution in [-0.4, -0.2) is 32.6 Å². The Labute approximate surface area is 789 Å². The van der Waals surface area contributed by atoms with Crippen molar-refractivity contribution in [3.05, 3.63) is 365 Å². The summed E-state index contributed by atoms with van der Waals surface area (Å²) in [6.45, 7) is 40.5. The van der Waals surface area contributed by atoms with E-state index >= 15 is 0 Å². The minimum Gasteiger partial charge on any atom is -0.427 e. The standard InChI is InChI=1S/C36H25N.C30H31N2.C25H21N2.C23H25N2.4Ir/c1-24-22-32-30-16-9-10-17-31(30)33-20-21-34(37(33)35(32)23-25(24)2)36-28(26-12-5-3-6-13-26)18-11-19-29(36)27-14-7-4-8-15-27;1-18(2)22-16-25(19(3)4)29(26(17-22)20(5)6)21-11-12-28-27(15-21)23-9-7-8-10-24(23)30-31-13-14-32(28)30;1-15-8-7-9-16(2)24(15)23-14-26-25-20-11-6-5-10-19(20)21-12-17(3)18(4)13-22(21)27(23)25;1-22(2,3)15-7-9-17-18(13-15)19-14-16(23(4,5)6)8-10-20(19)25-12-11-24-21(17)25;;;;/h3-16,18-19,21-23H,1-2H3;7-9,11-20H,1-6H3;5-10,12-14H,1-4H3;7-8,10-14H,1-6H3;;;;/q-2;3*-1;;;;. The number of imidazole rings is 3. The van der Waals surface area contributed by atoms with E-state index in [1.165, 1.54) is 171 Å². The van der Waals surface area contributed by atoms with E-state index in [9.17, 15) is 0 Å². The molecule has 0 aliphatic rings. The first-order chi connectivity index (χ1) is 58.3. The molecule has 4 radical (unpaired) electrons. The number of hydrogen-bond donors (Lipinski definition) is 0. The average Bonchev–Trinajstić information content (AvgIpc) is 1.63. The van der Waals surface area contributed by atoms with E-state index in [0.29, 0.717) is 17.8 Å². The summed E-state index contributed by atoms with van der Waals surface area (Å²) in [6.07, 6.45) is 9.85. The van der Waals surface area contributed by atoms with Crippen molar-refractivity contribution in [2.75, 3.05) is 0 Å². The molecule has 0 aliphatic heterocycles. The van der Waals surface area contributed by atoms with Crippen molar-refractivity contribution < 1.29 is 80.4 Å². The largest absolute Gasteiger partial charge is 0.427 e. The Morgan fingerprint density at radius 3 is 1.29 bits per heavy atom. The second kappa shape index (κ2) is 36.4. The Balaban J connectivity index is 0.000000135. The zero-order valence-electron chi connectivity index (χ0n) is 74.2. The van der Waals surface area contributed by atoms with Gasteiger partial charge in [0.15, 0.2) is 0 Å². The fraction of sp³-hybridized carbons (Fsp3) is 0.202. The zero-order valence-corrected chi connectivity index (χ0v) is 83.8. The molecule has 13 aromatic carbocycles. The molecule has 8 heterocycles. The summed E-state index contributed by atoms with van der Waals surface area (Å²) >= 11 is 0. The topological polar surface area (TPSA) is 56.3 Å². The third-order valence-corrected chi connectivity index (χ3v) is 25.0. The number of aromatic nitrogens is 7. The second-order valence-electron chi connectivity index (χ2n) is 36.1. The van der Waals surface area contributed by atoms with Crippen molar-refractivity contribution in [3.8, 4) is 55.9 Å². The molecule has 8 aromatic heterocycles. The van der Waals surface area contributed by atoms with Gasteiger partial charge in [0, 0.05) is 139 Å².